The van der Waals surface area contributed by atoms with E-state index < -0.39 is 0 Å². The van der Waals surface area contributed by atoms with Gasteiger partial charge in [-0.3, -0.25) is 0 Å². The summed E-state index contributed by atoms with van der Waals surface area (Å²) in [7, 11) is 0. The molecule has 7 heteroatoms. The summed E-state index contributed by atoms with van der Waals surface area (Å²) in [4.78, 5) is 26.5. The molecule has 0 saturated carbocycles. The number of thiophene rings is 1. The number of hydrogen-bond donors (Lipinski definition) is 1. The van der Waals surface area contributed by atoms with E-state index >= 15 is 0 Å². The van der Waals surface area contributed by atoms with Crippen LogP contribution in [0.1, 0.15) is 6.42 Å². The second-order valence-corrected chi connectivity index (χ2v) is 7.09. The number of aromatic nitrogens is 2. The Balaban J connectivity index is 1.68. The van der Waals surface area contributed by atoms with Gasteiger partial charge < -0.3 is 15.5 Å². The molecule has 2 aromatic heterocycles. The minimum atomic E-state index is -0.350. The van der Waals surface area contributed by atoms with Crippen molar-refractivity contribution in [3.8, 4) is 10.4 Å². The monoisotopic (exact) mass is 353 g/mol. The number of nitrogens with zero attached hydrogens (tertiary/aromatic N) is 4. The molecule has 0 unspecified atom stereocenters. The number of amides is 2. The standard InChI is InChI=1S/C18H19N5OS/c19-18(24)23-8-4-7-22(9-10-23)16-14-11-15(13-5-2-1-3-6-13)25-17(14)21-12-20-16/h1-3,5-6,11-12H,4,7-10H2,(H2,19,24). The van der Waals surface area contributed by atoms with Gasteiger partial charge in [0.25, 0.3) is 0 Å². The maximum atomic E-state index is 11.4. The molecular formula is C18H19N5OS. The summed E-state index contributed by atoms with van der Waals surface area (Å²) in [5.74, 6) is 0.940. The minimum Gasteiger partial charge on any atom is -0.354 e. The summed E-state index contributed by atoms with van der Waals surface area (Å²) in [6.07, 6.45) is 2.50. The molecule has 1 aliphatic heterocycles. The lowest BCUT2D eigenvalue weighted by Crippen LogP contribution is -2.38. The van der Waals surface area contributed by atoms with Gasteiger partial charge in [-0.2, -0.15) is 0 Å². The predicted octanol–water partition coefficient (Wildman–Crippen LogP) is 2.95. The lowest BCUT2D eigenvalue weighted by Gasteiger charge is -2.22. The first-order valence-electron chi connectivity index (χ1n) is 8.31. The third-order valence-electron chi connectivity index (χ3n) is 4.47. The van der Waals surface area contributed by atoms with Crippen LogP contribution in [0, 0.1) is 0 Å². The number of nitrogens with two attached hydrogens (primary N) is 1. The van der Waals surface area contributed by atoms with Crippen LogP contribution in [0.3, 0.4) is 0 Å². The highest BCUT2D eigenvalue weighted by Gasteiger charge is 2.20. The highest BCUT2D eigenvalue weighted by atomic mass is 32.1. The van der Waals surface area contributed by atoms with Crippen LogP contribution in [-0.2, 0) is 0 Å². The summed E-state index contributed by atoms with van der Waals surface area (Å²) < 4.78 is 0. The predicted molar refractivity (Wildman–Crippen MR) is 101 cm³/mol. The summed E-state index contributed by atoms with van der Waals surface area (Å²) in [5.41, 5.74) is 6.61. The maximum Gasteiger partial charge on any atom is 0.314 e. The Hall–Kier alpha value is -2.67. The molecule has 6 nitrogen and oxygen atoms in total. The SMILES string of the molecule is NC(=O)N1CCCN(c2ncnc3sc(-c4ccccc4)cc23)CC1. The molecule has 128 valence electrons. The van der Waals surface area contributed by atoms with E-state index in [1.165, 1.54) is 10.4 Å². The number of primary amides is 1. The Labute approximate surface area is 149 Å². The number of carbonyl (C=O) groups is 1. The fourth-order valence-corrected chi connectivity index (χ4v) is 4.19. The second kappa shape index (κ2) is 6.68. The third-order valence-corrected chi connectivity index (χ3v) is 5.57. The first kappa shape index (κ1) is 15.8. The number of hydrogen-bond acceptors (Lipinski definition) is 5. The van der Waals surface area contributed by atoms with E-state index in [1.807, 2.05) is 18.2 Å². The maximum absolute atomic E-state index is 11.4. The summed E-state index contributed by atoms with van der Waals surface area (Å²) in [6, 6.07) is 12.1. The van der Waals surface area contributed by atoms with Crippen molar-refractivity contribution in [2.75, 3.05) is 31.1 Å². The molecule has 0 aliphatic carbocycles. The fraction of sp³-hybridized carbons (Fsp3) is 0.278. The number of benzene rings is 1. The van der Waals surface area contributed by atoms with Crippen molar-refractivity contribution in [3.63, 3.8) is 0 Å². The van der Waals surface area contributed by atoms with Gasteiger partial charge >= 0.3 is 6.03 Å². The van der Waals surface area contributed by atoms with E-state index in [-0.39, 0.29) is 6.03 Å². The van der Waals surface area contributed by atoms with Gasteiger partial charge in [0.15, 0.2) is 0 Å². The Kier molecular flexibility index (Phi) is 4.23. The number of urea groups is 1. The average molecular weight is 353 g/mol. The molecular weight excluding hydrogens is 334 g/mol. The molecule has 25 heavy (non-hydrogen) atoms. The Bertz CT molecular complexity index is 895. The number of carbonyl (C=O) groups excluding carboxylic acids is 1. The van der Waals surface area contributed by atoms with E-state index in [0.29, 0.717) is 13.1 Å². The van der Waals surface area contributed by atoms with Gasteiger partial charge in [-0.1, -0.05) is 30.3 Å². The molecule has 3 heterocycles. The largest absolute Gasteiger partial charge is 0.354 e. The van der Waals surface area contributed by atoms with Gasteiger partial charge in [-0.05, 0) is 18.1 Å². The van der Waals surface area contributed by atoms with Gasteiger partial charge in [-0.25, -0.2) is 14.8 Å². The third kappa shape index (κ3) is 3.15. The Morgan fingerprint density at radius 3 is 2.72 bits per heavy atom. The minimum absolute atomic E-state index is 0.350. The molecule has 2 amide bonds. The van der Waals surface area contributed by atoms with E-state index in [2.05, 4.69) is 33.1 Å². The van der Waals surface area contributed by atoms with Gasteiger partial charge in [0, 0.05) is 31.1 Å². The molecule has 1 aliphatic rings. The van der Waals surface area contributed by atoms with Crippen LogP contribution < -0.4 is 10.6 Å². The average Bonchev–Trinajstić information content (AvgIpc) is 2.92. The van der Waals surface area contributed by atoms with Crippen LogP contribution in [0.4, 0.5) is 10.6 Å². The van der Waals surface area contributed by atoms with Crippen molar-refractivity contribution in [2.24, 2.45) is 5.73 Å². The molecule has 1 saturated heterocycles. The van der Waals surface area contributed by atoms with Crippen molar-refractivity contribution in [1.29, 1.82) is 0 Å². The first-order chi connectivity index (χ1) is 12.2. The lowest BCUT2D eigenvalue weighted by atomic mass is 10.2. The normalized spacial score (nSPS) is 15.4. The van der Waals surface area contributed by atoms with Crippen LogP contribution in [0.5, 0.6) is 0 Å². The Morgan fingerprint density at radius 2 is 1.92 bits per heavy atom. The van der Waals surface area contributed by atoms with E-state index in [4.69, 9.17) is 5.73 Å². The van der Waals surface area contributed by atoms with Gasteiger partial charge in [0.05, 0.1) is 5.39 Å². The number of fused-ring (bicyclic) bond motifs is 1. The molecule has 0 spiro atoms. The molecule has 0 bridgehead atoms. The fourth-order valence-electron chi connectivity index (χ4n) is 3.19. The van der Waals surface area contributed by atoms with Crippen molar-refractivity contribution >= 4 is 33.4 Å². The van der Waals surface area contributed by atoms with E-state index in [9.17, 15) is 4.79 Å². The van der Waals surface area contributed by atoms with E-state index in [1.54, 1.807) is 22.6 Å². The van der Waals surface area contributed by atoms with Crippen molar-refractivity contribution < 1.29 is 4.79 Å². The second-order valence-electron chi connectivity index (χ2n) is 6.06. The van der Waals surface area contributed by atoms with Gasteiger partial charge in [0.1, 0.15) is 17.0 Å². The van der Waals surface area contributed by atoms with E-state index in [0.717, 1.165) is 35.5 Å². The molecule has 1 fully saturated rings. The summed E-state index contributed by atoms with van der Waals surface area (Å²) in [5, 5.41) is 1.07. The van der Waals surface area contributed by atoms with Crippen LogP contribution in [-0.4, -0.2) is 47.1 Å². The topological polar surface area (TPSA) is 75.4 Å². The van der Waals surface area contributed by atoms with Crippen molar-refractivity contribution in [3.05, 3.63) is 42.7 Å². The highest BCUT2D eigenvalue weighted by molar-refractivity contribution is 7.21. The van der Waals surface area contributed by atoms with Crippen LogP contribution in [0.2, 0.25) is 0 Å². The molecule has 3 aromatic rings. The smallest absolute Gasteiger partial charge is 0.314 e. The Morgan fingerprint density at radius 1 is 1.08 bits per heavy atom. The lowest BCUT2D eigenvalue weighted by molar-refractivity contribution is 0.211. The van der Waals surface area contributed by atoms with Gasteiger partial charge in [0.2, 0.25) is 0 Å². The zero-order valence-electron chi connectivity index (χ0n) is 13.8. The zero-order valence-corrected chi connectivity index (χ0v) is 14.6. The molecule has 4 rings (SSSR count). The first-order valence-corrected chi connectivity index (χ1v) is 9.13. The summed E-state index contributed by atoms with van der Waals surface area (Å²) >= 11 is 1.68. The van der Waals surface area contributed by atoms with Crippen molar-refractivity contribution in [1.82, 2.24) is 14.9 Å². The van der Waals surface area contributed by atoms with Crippen LogP contribution >= 0.6 is 11.3 Å². The molecule has 0 radical (unpaired) electrons. The quantitative estimate of drug-likeness (QED) is 0.768. The highest BCUT2D eigenvalue weighted by Crippen LogP contribution is 2.36. The van der Waals surface area contributed by atoms with Crippen LogP contribution in [0.25, 0.3) is 20.7 Å². The van der Waals surface area contributed by atoms with Gasteiger partial charge in [-0.15, -0.1) is 11.3 Å². The van der Waals surface area contributed by atoms with Crippen LogP contribution in [0.15, 0.2) is 42.7 Å². The molecule has 1 aromatic carbocycles. The zero-order chi connectivity index (χ0) is 17.2. The number of rotatable bonds is 2. The molecule has 2 N–H and O–H groups in total. The number of anilines is 1. The molecule has 0 atom stereocenters. The summed E-state index contributed by atoms with van der Waals surface area (Å²) in [6.45, 7) is 2.90. The van der Waals surface area contributed by atoms with Crippen molar-refractivity contribution in [2.45, 2.75) is 6.42 Å².